The highest BCUT2D eigenvalue weighted by atomic mass is 32.1. The molecule has 0 aromatic carbocycles. The first-order valence-corrected chi connectivity index (χ1v) is 7.50. The number of amides is 1. The summed E-state index contributed by atoms with van der Waals surface area (Å²) in [6.07, 6.45) is 3.37. The van der Waals surface area contributed by atoms with Gasteiger partial charge in [-0.1, -0.05) is 0 Å². The van der Waals surface area contributed by atoms with E-state index in [-0.39, 0.29) is 17.4 Å². The molecule has 0 spiro atoms. The van der Waals surface area contributed by atoms with Crippen LogP contribution in [0.4, 0.5) is 5.82 Å². The van der Waals surface area contributed by atoms with E-state index in [1.165, 1.54) is 6.20 Å². The normalized spacial score (nSPS) is 13.0. The maximum atomic E-state index is 12.2. The van der Waals surface area contributed by atoms with Crippen LogP contribution in [0.5, 0.6) is 5.88 Å². The molecule has 0 atom stereocenters. The summed E-state index contributed by atoms with van der Waals surface area (Å²) in [7, 11) is 0. The number of azo groups is 1. The molecule has 3 heterocycles. The third-order valence-electron chi connectivity index (χ3n) is 3.17. The third-order valence-corrected chi connectivity index (χ3v) is 3.47. The van der Waals surface area contributed by atoms with Crippen molar-refractivity contribution < 1.29 is 9.90 Å². The van der Waals surface area contributed by atoms with E-state index >= 15 is 0 Å². The molecule has 0 fully saturated rings. The molecular formula is C14H12N6O3S. The van der Waals surface area contributed by atoms with Gasteiger partial charge in [-0.25, -0.2) is 4.98 Å². The standard InChI is InChI=1S/C14H12N6O3S/c21-12(11-13(22)18-10(6-24)19-14(11)23)17-9-2-1-7(5-15-9)8-3-4-16-20-8/h1-3,5,24H,4,6H2,(H,15,17,21)(H2,18,19,22,23). The predicted molar refractivity (Wildman–Crippen MR) is 89.1 cm³/mol. The van der Waals surface area contributed by atoms with Gasteiger partial charge in [0.2, 0.25) is 5.88 Å². The summed E-state index contributed by atoms with van der Waals surface area (Å²) >= 11 is 3.94. The number of rotatable bonds is 4. The van der Waals surface area contributed by atoms with Crippen molar-refractivity contribution in [3.05, 3.63) is 51.7 Å². The maximum Gasteiger partial charge on any atom is 0.267 e. The van der Waals surface area contributed by atoms with Crippen molar-refractivity contribution >= 4 is 30.1 Å². The van der Waals surface area contributed by atoms with Crippen LogP contribution in [0, 0.1) is 0 Å². The number of carbonyl (C=O) groups excluding carboxylic acids is 1. The fourth-order valence-electron chi connectivity index (χ4n) is 2.05. The van der Waals surface area contributed by atoms with Crippen molar-refractivity contribution in [2.24, 2.45) is 10.2 Å². The zero-order chi connectivity index (χ0) is 17.1. The van der Waals surface area contributed by atoms with E-state index in [9.17, 15) is 14.7 Å². The van der Waals surface area contributed by atoms with Crippen LogP contribution in [0.1, 0.15) is 21.7 Å². The molecular weight excluding hydrogens is 332 g/mol. The van der Waals surface area contributed by atoms with E-state index in [0.29, 0.717) is 12.2 Å². The van der Waals surface area contributed by atoms with Gasteiger partial charge in [0.25, 0.3) is 11.5 Å². The molecule has 0 radical (unpaired) electrons. The summed E-state index contributed by atoms with van der Waals surface area (Å²) in [6, 6.07) is 3.27. The van der Waals surface area contributed by atoms with E-state index < -0.39 is 22.9 Å². The van der Waals surface area contributed by atoms with Gasteiger partial charge in [-0.05, 0) is 18.2 Å². The Balaban J connectivity index is 1.80. The lowest BCUT2D eigenvalue weighted by molar-refractivity contribution is 0.102. The summed E-state index contributed by atoms with van der Waals surface area (Å²) in [5.74, 6) is -0.961. The van der Waals surface area contributed by atoms with E-state index in [0.717, 1.165) is 5.56 Å². The smallest absolute Gasteiger partial charge is 0.267 e. The highest BCUT2D eigenvalue weighted by molar-refractivity contribution is 7.79. The Hall–Kier alpha value is -3.01. The first-order valence-electron chi connectivity index (χ1n) is 6.87. The monoisotopic (exact) mass is 344 g/mol. The Labute approximate surface area is 141 Å². The number of aromatic nitrogens is 3. The van der Waals surface area contributed by atoms with Crippen LogP contribution in [0.15, 0.2) is 39.4 Å². The van der Waals surface area contributed by atoms with Crippen molar-refractivity contribution in [1.29, 1.82) is 0 Å². The third kappa shape index (κ3) is 3.18. The minimum atomic E-state index is -0.813. The maximum absolute atomic E-state index is 12.2. The number of H-pyrrole nitrogens is 1. The molecule has 0 unspecified atom stereocenters. The number of nitrogens with one attached hydrogen (secondary N) is 2. The van der Waals surface area contributed by atoms with E-state index in [1.54, 1.807) is 12.1 Å². The van der Waals surface area contributed by atoms with E-state index in [4.69, 9.17) is 0 Å². The average Bonchev–Trinajstić information content (AvgIpc) is 3.09. The molecule has 0 saturated heterocycles. The SMILES string of the molecule is O=C(Nc1ccc(C2=CCN=N2)cn1)c1c(O)nc(CS)[nH]c1=O. The molecule has 1 amide bonds. The van der Waals surface area contributed by atoms with Gasteiger partial charge in [0.05, 0.1) is 12.2 Å². The van der Waals surface area contributed by atoms with Crippen LogP contribution in [-0.4, -0.2) is 32.5 Å². The van der Waals surface area contributed by atoms with Crippen LogP contribution in [0.25, 0.3) is 5.70 Å². The van der Waals surface area contributed by atoms with Gasteiger partial charge in [-0.3, -0.25) is 9.59 Å². The number of aromatic hydroxyl groups is 1. The lowest BCUT2D eigenvalue weighted by Gasteiger charge is -2.06. The molecule has 3 rings (SSSR count). The minimum Gasteiger partial charge on any atom is -0.493 e. The number of nitrogens with zero attached hydrogens (tertiary/aromatic N) is 4. The van der Waals surface area contributed by atoms with Gasteiger partial charge in [0, 0.05) is 17.5 Å². The Morgan fingerprint density at radius 3 is 2.83 bits per heavy atom. The summed E-state index contributed by atoms with van der Waals surface area (Å²) in [5, 5.41) is 20.0. The quantitative estimate of drug-likeness (QED) is 0.622. The molecule has 0 saturated carbocycles. The van der Waals surface area contributed by atoms with Crippen LogP contribution >= 0.6 is 12.6 Å². The molecule has 2 aromatic heterocycles. The number of aromatic amines is 1. The number of hydrogen-bond donors (Lipinski definition) is 4. The molecule has 9 nitrogen and oxygen atoms in total. The zero-order valence-electron chi connectivity index (χ0n) is 12.2. The molecule has 1 aliphatic heterocycles. The fraction of sp³-hybridized carbons (Fsp3) is 0.143. The second kappa shape index (κ2) is 6.62. The Morgan fingerprint density at radius 1 is 1.42 bits per heavy atom. The topological polar surface area (TPSA) is 133 Å². The first-order chi connectivity index (χ1) is 11.6. The lowest BCUT2D eigenvalue weighted by Crippen LogP contribution is -2.25. The predicted octanol–water partition coefficient (Wildman–Crippen LogP) is 1.36. The number of thiol groups is 1. The van der Waals surface area contributed by atoms with Gasteiger partial charge in [-0.15, -0.1) is 0 Å². The highest BCUT2D eigenvalue weighted by Crippen LogP contribution is 2.20. The van der Waals surface area contributed by atoms with Gasteiger partial charge >= 0.3 is 0 Å². The van der Waals surface area contributed by atoms with Crippen molar-refractivity contribution in [2.45, 2.75) is 5.75 Å². The van der Waals surface area contributed by atoms with E-state index in [1.807, 2.05) is 6.08 Å². The number of anilines is 1. The molecule has 2 aromatic rings. The molecule has 0 aliphatic carbocycles. The molecule has 3 N–H and O–H groups in total. The van der Waals surface area contributed by atoms with Crippen molar-refractivity contribution in [1.82, 2.24) is 15.0 Å². The van der Waals surface area contributed by atoms with E-state index in [2.05, 4.69) is 43.1 Å². The fourth-order valence-corrected chi connectivity index (χ4v) is 2.19. The zero-order valence-corrected chi connectivity index (χ0v) is 13.1. The highest BCUT2D eigenvalue weighted by Gasteiger charge is 2.19. The van der Waals surface area contributed by atoms with Crippen LogP contribution < -0.4 is 10.9 Å². The number of hydrogen-bond acceptors (Lipinski definition) is 8. The average molecular weight is 344 g/mol. The molecule has 10 heteroatoms. The van der Waals surface area contributed by atoms with Gasteiger partial charge < -0.3 is 15.4 Å². The first kappa shape index (κ1) is 15.9. The number of carbonyl (C=O) groups is 1. The van der Waals surface area contributed by atoms with Crippen molar-refractivity contribution in [2.75, 3.05) is 11.9 Å². The summed E-state index contributed by atoms with van der Waals surface area (Å²) in [6.45, 7) is 0.533. The summed E-state index contributed by atoms with van der Waals surface area (Å²) in [4.78, 5) is 34.2. The van der Waals surface area contributed by atoms with Gasteiger partial charge in [-0.2, -0.15) is 27.8 Å². The number of pyridine rings is 1. The van der Waals surface area contributed by atoms with Gasteiger partial charge in [0.1, 0.15) is 11.6 Å². The second-order valence-electron chi connectivity index (χ2n) is 4.77. The molecule has 122 valence electrons. The van der Waals surface area contributed by atoms with Gasteiger partial charge in [0.15, 0.2) is 5.56 Å². The Kier molecular flexibility index (Phi) is 4.38. The molecule has 0 bridgehead atoms. The lowest BCUT2D eigenvalue weighted by atomic mass is 10.2. The molecule has 1 aliphatic rings. The Morgan fingerprint density at radius 2 is 2.25 bits per heavy atom. The largest absolute Gasteiger partial charge is 0.493 e. The van der Waals surface area contributed by atoms with Crippen LogP contribution in [-0.2, 0) is 5.75 Å². The van der Waals surface area contributed by atoms with Crippen LogP contribution in [0.3, 0.4) is 0 Å². The van der Waals surface area contributed by atoms with Crippen LogP contribution in [0.2, 0.25) is 0 Å². The second-order valence-corrected chi connectivity index (χ2v) is 5.09. The summed E-state index contributed by atoms with van der Waals surface area (Å²) in [5.41, 5.74) is 0.228. The summed E-state index contributed by atoms with van der Waals surface area (Å²) < 4.78 is 0. The van der Waals surface area contributed by atoms with Crippen molar-refractivity contribution in [3.8, 4) is 5.88 Å². The van der Waals surface area contributed by atoms with Crippen molar-refractivity contribution in [3.63, 3.8) is 0 Å². The molecule has 24 heavy (non-hydrogen) atoms. The minimum absolute atomic E-state index is 0.126. The Bertz CT molecular complexity index is 904.